The number of carbonyl (C=O) groups is 1. The highest BCUT2D eigenvalue weighted by Gasteiger charge is 2.29. The number of thioether (sulfide) groups is 1. The van der Waals surface area contributed by atoms with Crippen LogP contribution in [0.3, 0.4) is 0 Å². The van der Waals surface area contributed by atoms with Crippen molar-refractivity contribution in [3.63, 3.8) is 0 Å². The van der Waals surface area contributed by atoms with Crippen molar-refractivity contribution >= 4 is 17.7 Å². The topological polar surface area (TPSA) is 62.2 Å². The van der Waals surface area contributed by atoms with E-state index in [-0.39, 0.29) is 5.91 Å². The summed E-state index contributed by atoms with van der Waals surface area (Å²) in [7, 11) is 0. The van der Waals surface area contributed by atoms with Gasteiger partial charge >= 0.3 is 0 Å². The predicted octanol–water partition coefficient (Wildman–Crippen LogP) is 1.30. The minimum atomic E-state index is -0.409. The van der Waals surface area contributed by atoms with Gasteiger partial charge in [0.25, 0.3) is 5.91 Å². The van der Waals surface area contributed by atoms with Crippen LogP contribution in [0.2, 0.25) is 0 Å². The summed E-state index contributed by atoms with van der Waals surface area (Å²) in [6, 6.07) is 3.49. The number of aliphatic hydroxyl groups is 1. The third-order valence-corrected chi connectivity index (χ3v) is 3.56. The first-order chi connectivity index (χ1) is 8.22. The van der Waals surface area contributed by atoms with Gasteiger partial charge < -0.3 is 10.4 Å². The van der Waals surface area contributed by atoms with Crippen LogP contribution in [-0.2, 0) is 0 Å². The van der Waals surface area contributed by atoms with E-state index in [1.54, 1.807) is 18.3 Å². The second-order valence-corrected chi connectivity index (χ2v) is 4.97. The van der Waals surface area contributed by atoms with E-state index in [2.05, 4.69) is 10.3 Å². The largest absolute Gasteiger partial charge is 0.391 e. The molecule has 1 atom stereocenters. The minimum absolute atomic E-state index is 0.165. The molecule has 0 saturated heterocycles. The van der Waals surface area contributed by atoms with Crippen LogP contribution in [0.4, 0.5) is 0 Å². The lowest BCUT2D eigenvalue weighted by Gasteiger charge is -2.11. The van der Waals surface area contributed by atoms with E-state index < -0.39 is 6.10 Å². The smallest absolute Gasteiger partial charge is 0.254 e. The molecule has 2 rings (SSSR count). The summed E-state index contributed by atoms with van der Waals surface area (Å²) in [4.78, 5) is 16.0. The van der Waals surface area contributed by atoms with Crippen molar-refractivity contribution in [1.29, 1.82) is 0 Å². The molecule has 1 aromatic rings. The fraction of sp³-hybridized carbons (Fsp3) is 0.500. The number of pyridine rings is 1. The van der Waals surface area contributed by atoms with Crippen LogP contribution in [0, 0.1) is 5.92 Å². The van der Waals surface area contributed by atoms with Crippen LogP contribution in [0.25, 0.3) is 0 Å². The first-order valence-corrected chi connectivity index (χ1v) is 6.90. The van der Waals surface area contributed by atoms with Crippen molar-refractivity contribution in [2.75, 3.05) is 12.8 Å². The van der Waals surface area contributed by atoms with Crippen molar-refractivity contribution < 1.29 is 9.90 Å². The highest BCUT2D eigenvalue weighted by molar-refractivity contribution is 7.98. The molecular formula is C12H16N2O2S. The van der Waals surface area contributed by atoms with Crippen LogP contribution < -0.4 is 5.32 Å². The van der Waals surface area contributed by atoms with Gasteiger partial charge in [-0.1, -0.05) is 0 Å². The lowest BCUT2D eigenvalue weighted by Crippen LogP contribution is -2.33. The standard InChI is InChI=1S/C12H16N2O2S/c1-17-12-9(3-2-6-13-12)11(16)14-7-10(15)8-4-5-8/h2-3,6,8,10,15H,4-5,7H2,1H3,(H,14,16). The Morgan fingerprint density at radius 2 is 2.47 bits per heavy atom. The van der Waals surface area contributed by atoms with E-state index in [9.17, 15) is 9.90 Å². The quantitative estimate of drug-likeness (QED) is 0.776. The van der Waals surface area contributed by atoms with E-state index in [1.807, 2.05) is 6.26 Å². The Kier molecular flexibility index (Phi) is 4.02. The second kappa shape index (κ2) is 5.51. The molecule has 17 heavy (non-hydrogen) atoms. The first kappa shape index (κ1) is 12.4. The summed E-state index contributed by atoms with van der Waals surface area (Å²) in [5, 5.41) is 13.1. The molecular weight excluding hydrogens is 236 g/mol. The monoisotopic (exact) mass is 252 g/mol. The molecule has 1 aliphatic carbocycles. The summed E-state index contributed by atoms with van der Waals surface area (Å²) in [5.74, 6) is 0.214. The molecule has 4 nitrogen and oxygen atoms in total. The number of rotatable bonds is 5. The van der Waals surface area contributed by atoms with Crippen molar-refractivity contribution in [2.24, 2.45) is 5.92 Å². The minimum Gasteiger partial charge on any atom is -0.391 e. The van der Waals surface area contributed by atoms with E-state index in [4.69, 9.17) is 0 Å². The Hall–Kier alpha value is -1.07. The fourth-order valence-electron chi connectivity index (χ4n) is 1.67. The van der Waals surface area contributed by atoms with Crippen molar-refractivity contribution in [3.05, 3.63) is 23.9 Å². The zero-order chi connectivity index (χ0) is 12.3. The van der Waals surface area contributed by atoms with Gasteiger partial charge in [-0.2, -0.15) is 0 Å². The molecule has 1 saturated carbocycles. The zero-order valence-electron chi connectivity index (χ0n) is 9.72. The molecule has 1 fully saturated rings. The Balaban J connectivity index is 1.94. The van der Waals surface area contributed by atoms with Crippen LogP contribution in [0.15, 0.2) is 23.4 Å². The van der Waals surface area contributed by atoms with Crippen LogP contribution in [-0.4, -0.2) is 34.9 Å². The lowest BCUT2D eigenvalue weighted by atomic mass is 10.2. The van der Waals surface area contributed by atoms with Gasteiger partial charge in [0.15, 0.2) is 0 Å². The highest BCUT2D eigenvalue weighted by atomic mass is 32.2. The van der Waals surface area contributed by atoms with Crippen LogP contribution >= 0.6 is 11.8 Å². The van der Waals surface area contributed by atoms with E-state index >= 15 is 0 Å². The normalized spacial score (nSPS) is 16.6. The van der Waals surface area contributed by atoms with E-state index in [1.165, 1.54) is 11.8 Å². The van der Waals surface area contributed by atoms with Gasteiger partial charge in [0, 0.05) is 12.7 Å². The molecule has 1 amide bonds. The number of aliphatic hydroxyl groups excluding tert-OH is 1. The molecule has 0 radical (unpaired) electrons. The Morgan fingerprint density at radius 3 is 3.12 bits per heavy atom. The molecule has 92 valence electrons. The summed E-state index contributed by atoms with van der Waals surface area (Å²) in [6.07, 6.45) is 5.29. The summed E-state index contributed by atoms with van der Waals surface area (Å²) >= 11 is 1.44. The second-order valence-electron chi connectivity index (χ2n) is 4.18. The highest BCUT2D eigenvalue weighted by Crippen LogP contribution is 2.32. The summed E-state index contributed by atoms with van der Waals surface area (Å²) < 4.78 is 0. The van der Waals surface area contributed by atoms with Crippen LogP contribution in [0.1, 0.15) is 23.2 Å². The van der Waals surface area contributed by atoms with Gasteiger partial charge in [-0.25, -0.2) is 4.98 Å². The Bertz CT molecular complexity index is 407. The molecule has 1 unspecified atom stereocenters. The fourth-order valence-corrected chi connectivity index (χ4v) is 2.21. The van der Waals surface area contributed by atoms with Gasteiger partial charge in [0.2, 0.25) is 0 Å². The van der Waals surface area contributed by atoms with Crippen molar-refractivity contribution in [2.45, 2.75) is 24.0 Å². The van der Waals surface area contributed by atoms with Gasteiger partial charge in [-0.3, -0.25) is 4.79 Å². The maximum Gasteiger partial charge on any atom is 0.254 e. The maximum absolute atomic E-state index is 11.9. The van der Waals surface area contributed by atoms with Gasteiger partial charge in [0.1, 0.15) is 5.03 Å². The van der Waals surface area contributed by atoms with Crippen LogP contribution in [0.5, 0.6) is 0 Å². The molecule has 1 aliphatic rings. The van der Waals surface area contributed by atoms with Gasteiger partial charge in [-0.05, 0) is 37.1 Å². The number of carbonyl (C=O) groups excluding carboxylic acids is 1. The number of hydrogen-bond donors (Lipinski definition) is 2. The summed E-state index contributed by atoms with van der Waals surface area (Å²) in [5.41, 5.74) is 0.572. The first-order valence-electron chi connectivity index (χ1n) is 5.67. The maximum atomic E-state index is 11.9. The van der Waals surface area contributed by atoms with Gasteiger partial charge in [-0.15, -0.1) is 11.8 Å². The number of aromatic nitrogens is 1. The van der Waals surface area contributed by atoms with Gasteiger partial charge in [0.05, 0.1) is 11.7 Å². The third kappa shape index (κ3) is 3.20. The number of amides is 1. The Labute approximate surface area is 105 Å². The van der Waals surface area contributed by atoms with Crippen molar-refractivity contribution in [1.82, 2.24) is 10.3 Å². The molecule has 1 heterocycles. The number of hydrogen-bond acceptors (Lipinski definition) is 4. The third-order valence-electron chi connectivity index (χ3n) is 2.85. The average Bonchev–Trinajstić information content (AvgIpc) is 3.19. The van der Waals surface area contributed by atoms with E-state index in [0.717, 1.165) is 12.8 Å². The molecule has 2 N–H and O–H groups in total. The SMILES string of the molecule is CSc1ncccc1C(=O)NCC(O)C1CC1. The predicted molar refractivity (Wildman–Crippen MR) is 67.1 cm³/mol. The molecule has 0 aromatic carbocycles. The zero-order valence-corrected chi connectivity index (χ0v) is 10.5. The molecule has 0 spiro atoms. The lowest BCUT2D eigenvalue weighted by molar-refractivity contribution is 0.0897. The van der Waals surface area contributed by atoms with Crippen molar-refractivity contribution in [3.8, 4) is 0 Å². The van der Waals surface area contributed by atoms with E-state index in [0.29, 0.717) is 23.1 Å². The molecule has 0 aliphatic heterocycles. The number of nitrogens with zero attached hydrogens (tertiary/aromatic N) is 1. The Morgan fingerprint density at radius 1 is 1.71 bits per heavy atom. The number of nitrogens with one attached hydrogen (secondary N) is 1. The molecule has 0 bridgehead atoms. The molecule has 1 aromatic heterocycles. The average molecular weight is 252 g/mol. The summed E-state index contributed by atoms with van der Waals surface area (Å²) in [6.45, 7) is 0.326. The molecule has 5 heteroatoms.